The van der Waals surface area contributed by atoms with Gasteiger partial charge in [-0.3, -0.25) is 9.20 Å². The lowest BCUT2D eigenvalue weighted by Crippen LogP contribution is -2.23. The molecule has 0 aliphatic carbocycles. The van der Waals surface area contributed by atoms with Crippen LogP contribution >= 0.6 is 11.3 Å². The normalized spacial score (nSPS) is 11.2. The summed E-state index contributed by atoms with van der Waals surface area (Å²) in [6, 6.07) is 7.56. The predicted molar refractivity (Wildman–Crippen MR) is 98.9 cm³/mol. The Balaban J connectivity index is 1.64. The maximum absolute atomic E-state index is 12.0. The van der Waals surface area contributed by atoms with Gasteiger partial charge in [0.05, 0.1) is 19.9 Å². The summed E-state index contributed by atoms with van der Waals surface area (Å²) in [6.07, 6.45) is 2.62. The molecule has 0 N–H and O–H groups in total. The molecule has 0 saturated heterocycles. The summed E-state index contributed by atoms with van der Waals surface area (Å²) in [5.74, 6) is 1.47. The minimum atomic E-state index is -0.0328. The van der Waals surface area contributed by atoms with Crippen molar-refractivity contribution in [3.05, 3.63) is 57.5 Å². The smallest absolute Gasteiger partial charge is 0.258 e. The van der Waals surface area contributed by atoms with Gasteiger partial charge in [0.25, 0.3) is 5.56 Å². The van der Waals surface area contributed by atoms with Crippen LogP contribution in [0.5, 0.6) is 11.5 Å². The number of methoxy groups -OCH3 is 2. The summed E-state index contributed by atoms with van der Waals surface area (Å²) in [7, 11) is 5.29. The van der Waals surface area contributed by atoms with Gasteiger partial charge in [-0.1, -0.05) is 6.07 Å². The first kappa shape index (κ1) is 17.4. The number of thiazole rings is 1. The molecule has 132 valence electrons. The zero-order valence-corrected chi connectivity index (χ0v) is 15.4. The van der Waals surface area contributed by atoms with Crippen LogP contribution in [0.15, 0.2) is 40.6 Å². The average molecular weight is 359 g/mol. The Bertz CT molecular complexity index is 919. The van der Waals surface area contributed by atoms with Gasteiger partial charge in [0.15, 0.2) is 16.5 Å². The molecule has 0 atom stereocenters. The molecule has 0 unspecified atom stereocenters. The largest absolute Gasteiger partial charge is 0.493 e. The van der Waals surface area contributed by atoms with E-state index in [0.29, 0.717) is 6.54 Å². The van der Waals surface area contributed by atoms with Crippen LogP contribution in [0, 0.1) is 0 Å². The molecule has 0 spiro atoms. The van der Waals surface area contributed by atoms with Gasteiger partial charge in [-0.25, -0.2) is 4.98 Å². The number of aromatic nitrogens is 2. The highest BCUT2D eigenvalue weighted by Gasteiger charge is 2.08. The fourth-order valence-electron chi connectivity index (χ4n) is 2.68. The molecule has 0 fully saturated rings. The van der Waals surface area contributed by atoms with Crippen molar-refractivity contribution in [3.63, 3.8) is 0 Å². The number of ether oxygens (including phenoxy) is 2. The minimum absolute atomic E-state index is 0.0328. The maximum Gasteiger partial charge on any atom is 0.258 e. The van der Waals surface area contributed by atoms with Gasteiger partial charge >= 0.3 is 0 Å². The second kappa shape index (κ2) is 7.67. The molecule has 0 aliphatic heterocycles. The van der Waals surface area contributed by atoms with Crippen LogP contribution in [0.25, 0.3) is 4.96 Å². The summed E-state index contributed by atoms with van der Waals surface area (Å²) in [5.41, 5.74) is 1.93. The lowest BCUT2D eigenvalue weighted by molar-refractivity contribution is 0.326. The first-order valence-electron chi connectivity index (χ1n) is 7.96. The van der Waals surface area contributed by atoms with Crippen molar-refractivity contribution in [2.75, 3.05) is 27.8 Å². The Labute approximate surface area is 150 Å². The number of likely N-dealkylation sites (N-methyl/N-ethyl adjacent to an activating group) is 1. The fraction of sp³-hybridized carbons (Fsp3) is 0.333. The summed E-state index contributed by atoms with van der Waals surface area (Å²) < 4.78 is 12.2. The van der Waals surface area contributed by atoms with Crippen LogP contribution in [0.3, 0.4) is 0 Å². The highest BCUT2D eigenvalue weighted by molar-refractivity contribution is 7.15. The number of rotatable bonds is 7. The molecule has 2 heterocycles. The van der Waals surface area contributed by atoms with E-state index in [1.807, 2.05) is 30.6 Å². The van der Waals surface area contributed by atoms with E-state index in [2.05, 4.69) is 9.88 Å². The molecular formula is C18H21N3O3S. The Morgan fingerprint density at radius 2 is 2.00 bits per heavy atom. The molecule has 0 amide bonds. The SMILES string of the molecule is COc1ccc(CCN(C)Cc2cc(=O)n3ccsc3n2)cc1OC. The van der Waals surface area contributed by atoms with Crippen LogP contribution < -0.4 is 15.0 Å². The molecule has 0 aliphatic rings. The maximum atomic E-state index is 12.0. The molecule has 1 aromatic carbocycles. The molecule has 7 heteroatoms. The predicted octanol–water partition coefficient (Wildman–Crippen LogP) is 2.45. The zero-order chi connectivity index (χ0) is 17.8. The Morgan fingerprint density at radius 3 is 2.76 bits per heavy atom. The van der Waals surface area contributed by atoms with E-state index < -0.39 is 0 Å². The monoisotopic (exact) mass is 359 g/mol. The van der Waals surface area contributed by atoms with Gasteiger partial charge in [-0.05, 0) is 31.2 Å². The van der Waals surface area contributed by atoms with Crippen molar-refractivity contribution < 1.29 is 9.47 Å². The summed E-state index contributed by atoms with van der Waals surface area (Å²) in [4.78, 5) is 19.5. The number of hydrogen-bond acceptors (Lipinski definition) is 6. The van der Waals surface area contributed by atoms with E-state index in [4.69, 9.17) is 9.47 Å². The highest BCUT2D eigenvalue weighted by atomic mass is 32.1. The Morgan fingerprint density at radius 1 is 1.20 bits per heavy atom. The molecule has 3 rings (SSSR count). The van der Waals surface area contributed by atoms with Crippen molar-refractivity contribution in [3.8, 4) is 11.5 Å². The van der Waals surface area contributed by atoms with E-state index in [1.165, 1.54) is 16.9 Å². The minimum Gasteiger partial charge on any atom is -0.493 e. The van der Waals surface area contributed by atoms with Crippen molar-refractivity contribution in [2.45, 2.75) is 13.0 Å². The molecule has 0 saturated carbocycles. The van der Waals surface area contributed by atoms with Gasteiger partial charge in [0.2, 0.25) is 0 Å². The number of hydrogen-bond donors (Lipinski definition) is 0. The summed E-state index contributed by atoms with van der Waals surface area (Å²) in [6.45, 7) is 1.48. The first-order chi connectivity index (χ1) is 12.1. The lowest BCUT2D eigenvalue weighted by Gasteiger charge is -2.16. The number of nitrogens with zero attached hydrogens (tertiary/aromatic N) is 3. The number of benzene rings is 1. The Kier molecular flexibility index (Phi) is 5.35. The second-order valence-corrected chi connectivity index (χ2v) is 6.69. The summed E-state index contributed by atoms with van der Waals surface area (Å²) >= 11 is 1.47. The highest BCUT2D eigenvalue weighted by Crippen LogP contribution is 2.27. The molecule has 0 bridgehead atoms. The zero-order valence-electron chi connectivity index (χ0n) is 14.6. The van der Waals surface area contributed by atoms with Crippen molar-refractivity contribution in [2.24, 2.45) is 0 Å². The molecule has 6 nitrogen and oxygen atoms in total. The molecule has 0 radical (unpaired) electrons. The average Bonchev–Trinajstić information content (AvgIpc) is 3.08. The van der Waals surface area contributed by atoms with Gasteiger partial charge in [0.1, 0.15) is 0 Å². The van der Waals surface area contributed by atoms with E-state index >= 15 is 0 Å². The fourth-order valence-corrected chi connectivity index (χ4v) is 3.42. The molecular weight excluding hydrogens is 338 g/mol. The van der Waals surface area contributed by atoms with E-state index in [9.17, 15) is 4.79 Å². The van der Waals surface area contributed by atoms with Crippen LogP contribution in [0.4, 0.5) is 0 Å². The van der Waals surface area contributed by atoms with Crippen LogP contribution in [0.1, 0.15) is 11.3 Å². The van der Waals surface area contributed by atoms with Crippen molar-refractivity contribution in [1.29, 1.82) is 0 Å². The van der Waals surface area contributed by atoms with E-state index in [0.717, 1.165) is 35.1 Å². The van der Waals surface area contributed by atoms with E-state index in [1.54, 1.807) is 30.9 Å². The topological polar surface area (TPSA) is 56.1 Å². The van der Waals surface area contributed by atoms with Gasteiger partial charge in [-0.15, -0.1) is 11.3 Å². The van der Waals surface area contributed by atoms with Crippen LogP contribution in [-0.4, -0.2) is 42.1 Å². The quantitative estimate of drug-likeness (QED) is 0.649. The standard InChI is InChI=1S/C18H21N3O3S/c1-20(7-6-13-4-5-15(23-2)16(10-13)24-3)12-14-11-17(22)21-8-9-25-18(21)19-14/h4-5,8-11H,6-7,12H2,1-3H3. The second-order valence-electron chi connectivity index (χ2n) is 5.82. The van der Waals surface area contributed by atoms with Gasteiger partial charge in [-0.2, -0.15) is 0 Å². The third kappa shape index (κ3) is 4.00. The number of fused-ring (bicyclic) bond motifs is 1. The first-order valence-corrected chi connectivity index (χ1v) is 8.84. The third-order valence-corrected chi connectivity index (χ3v) is 4.77. The molecule has 2 aromatic heterocycles. The van der Waals surface area contributed by atoms with Crippen LogP contribution in [-0.2, 0) is 13.0 Å². The van der Waals surface area contributed by atoms with Crippen molar-refractivity contribution >= 4 is 16.3 Å². The molecule has 25 heavy (non-hydrogen) atoms. The van der Waals surface area contributed by atoms with Gasteiger partial charge < -0.3 is 14.4 Å². The van der Waals surface area contributed by atoms with Crippen molar-refractivity contribution in [1.82, 2.24) is 14.3 Å². The molecule has 3 aromatic rings. The van der Waals surface area contributed by atoms with Gasteiger partial charge in [0, 0.05) is 30.7 Å². The Hall–Kier alpha value is -2.38. The summed E-state index contributed by atoms with van der Waals surface area (Å²) in [5, 5.41) is 1.87. The lowest BCUT2D eigenvalue weighted by atomic mass is 10.1. The van der Waals surface area contributed by atoms with Crippen LogP contribution in [0.2, 0.25) is 0 Å². The third-order valence-electron chi connectivity index (χ3n) is 4.02. The van der Waals surface area contributed by atoms with E-state index in [-0.39, 0.29) is 5.56 Å².